The van der Waals surface area contributed by atoms with Gasteiger partial charge in [0.2, 0.25) is 0 Å². The van der Waals surface area contributed by atoms with Gasteiger partial charge in [-0.1, -0.05) is 26.3 Å². The Morgan fingerprint density at radius 3 is 2.85 bits per heavy atom. The average Bonchev–Trinajstić information content (AvgIpc) is 2.90. The molecule has 1 aromatic heterocycles. The van der Waals surface area contributed by atoms with E-state index in [-0.39, 0.29) is 0 Å². The van der Waals surface area contributed by atoms with Crippen LogP contribution in [-0.2, 0) is 0 Å². The van der Waals surface area contributed by atoms with Gasteiger partial charge in [0.25, 0.3) is 0 Å². The second kappa shape index (κ2) is 6.59. The smallest absolute Gasteiger partial charge is 0.0410 e. The van der Waals surface area contributed by atoms with Crippen LogP contribution >= 0.6 is 11.3 Å². The number of rotatable bonds is 5. The van der Waals surface area contributed by atoms with Gasteiger partial charge in [0.1, 0.15) is 0 Å². The van der Waals surface area contributed by atoms with E-state index in [1.807, 2.05) is 11.3 Å². The monoisotopic (exact) mass is 294 g/mol. The Hall–Kier alpha value is -0.380. The molecule has 1 aliphatic rings. The van der Waals surface area contributed by atoms with Crippen LogP contribution in [0.2, 0.25) is 0 Å². The van der Waals surface area contributed by atoms with Crippen LogP contribution in [-0.4, -0.2) is 31.6 Å². The molecular formula is C17H30N2S. The van der Waals surface area contributed by atoms with Gasteiger partial charge in [-0.25, -0.2) is 0 Å². The fourth-order valence-corrected chi connectivity index (χ4v) is 4.73. The predicted octanol–water partition coefficient (Wildman–Crippen LogP) is 4.16. The number of thiophene rings is 1. The van der Waals surface area contributed by atoms with E-state index in [2.05, 4.69) is 62.6 Å². The van der Waals surface area contributed by atoms with Crippen molar-refractivity contribution in [3.05, 3.63) is 22.4 Å². The minimum atomic E-state index is 0.421. The van der Waals surface area contributed by atoms with Crippen LogP contribution in [0.3, 0.4) is 0 Å². The highest BCUT2D eigenvalue weighted by Gasteiger charge is 2.38. The Labute approximate surface area is 128 Å². The molecule has 2 rings (SSSR count). The predicted molar refractivity (Wildman–Crippen MR) is 89.3 cm³/mol. The normalized spacial score (nSPS) is 27.7. The van der Waals surface area contributed by atoms with Crippen LogP contribution in [0.4, 0.5) is 0 Å². The first-order valence-corrected chi connectivity index (χ1v) is 8.74. The summed E-state index contributed by atoms with van der Waals surface area (Å²) < 4.78 is 0. The molecule has 1 fully saturated rings. The van der Waals surface area contributed by atoms with Crippen molar-refractivity contribution in [2.24, 2.45) is 11.3 Å². The highest BCUT2D eigenvalue weighted by molar-refractivity contribution is 7.10. The molecule has 1 heterocycles. The maximum atomic E-state index is 3.60. The van der Waals surface area contributed by atoms with Crippen molar-refractivity contribution in [2.75, 3.05) is 20.6 Å². The molecule has 3 heteroatoms. The van der Waals surface area contributed by atoms with Gasteiger partial charge in [0.05, 0.1) is 0 Å². The Morgan fingerprint density at radius 2 is 2.25 bits per heavy atom. The number of nitrogens with one attached hydrogen (secondary N) is 1. The summed E-state index contributed by atoms with van der Waals surface area (Å²) in [4.78, 5) is 4.01. The average molecular weight is 295 g/mol. The first kappa shape index (κ1) is 16.0. The van der Waals surface area contributed by atoms with Crippen LogP contribution in [0, 0.1) is 11.3 Å². The molecule has 2 nitrogen and oxygen atoms in total. The maximum absolute atomic E-state index is 3.60. The van der Waals surface area contributed by atoms with Gasteiger partial charge in [-0.05, 0) is 56.6 Å². The lowest BCUT2D eigenvalue weighted by atomic mass is 9.68. The molecule has 0 aliphatic heterocycles. The van der Waals surface area contributed by atoms with Crippen LogP contribution in [0.1, 0.15) is 51.0 Å². The third-order valence-electron chi connectivity index (χ3n) is 5.16. The first-order valence-electron chi connectivity index (χ1n) is 7.86. The Kier molecular flexibility index (Phi) is 5.27. The molecule has 0 spiro atoms. The minimum Gasteiger partial charge on any atom is -0.316 e. The molecule has 1 saturated carbocycles. The van der Waals surface area contributed by atoms with E-state index in [4.69, 9.17) is 0 Å². The van der Waals surface area contributed by atoms with Crippen LogP contribution in [0.25, 0.3) is 0 Å². The van der Waals surface area contributed by atoms with Crippen LogP contribution < -0.4 is 5.32 Å². The summed E-state index contributed by atoms with van der Waals surface area (Å²) in [5.74, 6) is 0.760. The third-order valence-corrected chi connectivity index (χ3v) is 6.20. The molecule has 0 radical (unpaired) electrons. The zero-order chi connectivity index (χ0) is 14.8. The number of hydrogen-bond donors (Lipinski definition) is 1. The molecule has 1 aliphatic carbocycles. The molecule has 3 atom stereocenters. The Morgan fingerprint density at radius 1 is 1.50 bits per heavy atom. The van der Waals surface area contributed by atoms with Gasteiger partial charge in [0.15, 0.2) is 0 Å². The fourth-order valence-electron chi connectivity index (χ4n) is 3.88. The fraction of sp³-hybridized carbons (Fsp3) is 0.765. The SMILES string of the molecule is CNC1C(CN(C)C(C)c2cccs2)CCCC1(C)C. The standard InChI is InChI=1S/C17H30N2S/c1-13(15-9-7-11-20-15)19(5)12-14-8-6-10-17(2,3)16(14)18-4/h7,9,11,13-14,16,18H,6,8,10,12H2,1-5H3. The Balaban J connectivity index is 2.01. The highest BCUT2D eigenvalue weighted by atomic mass is 32.1. The molecule has 3 unspecified atom stereocenters. The molecule has 0 saturated heterocycles. The summed E-state index contributed by atoms with van der Waals surface area (Å²) in [7, 11) is 4.41. The number of nitrogens with zero attached hydrogens (tertiary/aromatic N) is 1. The van der Waals surface area contributed by atoms with Crippen LogP contribution in [0.15, 0.2) is 17.5 Å². The van der Waals surface area contributed by atoms with Crippen molar-refractivity contribution in [1.29, 1.82) is 0 Å². The largest absolute Gasteiger partial charge is 0.316 e. The topological polar surface area (TPSA) is 15.3 Å². The lowest BCUT2D eigenvalue weighted by Crippen LogP contribution is -2.51. The first-order chi connectivity index (χ1) is 9.45. The molecule has 1 aromatic rings. The number of hydrogen-bond acceptors (Lipinski definition) is 3. The summed E-state index contributed by atoms with van der Waals surface area (Å²) >= 11 is 1.87. The molecule has 20 heavy (non-hydrogen) atoms. The van der Waals surface area contributed by atoms with Gasteiger partial charge >= 0.3 is 0 Å². The van der Waals surface area contributed by atoms with Crippen molar-refractivity contribution in [1.82, 2.24) is 10.2 Å². The minimum absolute atomic E-state index is 0.421. The second-order valence-corrected chi connectivity index (χ2v) is 8.02. The maximum Gasteiger partial charge on any atom is 0.0410 e. The van der Waals surface area contributed by atoms with Gasteiger partial charge < -0.3 is 5.32 Å². The van der Waals surface area contributed by atoms with Crippen molar-refractivity contribution in [3.8, 4) is 0 Å². The van der Waals surface area contributed by atoms with Gasteiger partial charge in [-0.3, -0.25) is 4.90 Å². The van der Waals surface area contributed by atoms with E-state index in [9.17, 15) is 0 Å². The summed E-state index contributed by atoms with van der Waals surface area (Å²) in [6.45, 7) is 8.36. The van der Waals surface area contributed by atoms with E-state index in [0.29, 0.717) is 17.5 Å². The van der Waals surface area contributed by atoms with E-state index in [1.165, 1.54) is 30.7 Å². The van der Waals surface area contributed by atoms with Crippen molar-refractivity contribution >= 4 is 11.3 Å². The summed E-state index contributed by atoms with van der Waals surface area (Å²) in [6, 6.07) is 5.57. The summed E-state index contributed by atoms with van der Waals surface area (Å²) in [6.07, 6.45) is 4.08. The lowest BCUT2D eigenvalue weighted by Gasteiger charge is -2.45. The quantitative estimate of drug-likeness (QED) is 0.877. The second-order valence-electron chi connectivity index (χ2n) is 7.04. The molecule has 114 valence electrons. The van der Waals surface area contributed by atoms with Crippen LogP contribution in [0.5, 0.6) is 0 Å². The van der Waals surface area contributed by atoms with Gasteiger partial charge in [0, 0.05) is 23.5 Å². The van der Waals surface area contributed by atoms with Crippen molar-refractivity contribution < 1.29 is 0 Å². The van der Waals surface area contributed by atoms with Gasteiger partial charge in [-0.2, -0.15) is 0 Å². The zero-order valence-electron chi connectivity index (χ0n) is 13.6. The zero-order valence-corrected chi connectivity index (χ0v) is 14.5. The van der Waals surface area contributed by atoms with Crippen molar-refractivity contribution in [3.63, 3.8) is 0 Å². The molecule has 1 N–H and O–H groups in total. The molecular weight excluding hydrogens is 264 g/mol. The third kappa shape index (κ3) is 3.44. The van der Waals surface area contributed by atoms with E-state index in [1.54, 1.807) is 0 Å². The summed E-state index contributed by atoms with van der Waals surface area (Å²) in [5, 5.41) is 5.78. The van der Waals surface area contributed by atoms with Gasteiger partial charge in [-0.15, -0.1) is 11.3 Å². The van der Waals surface area contributed by atoms with E-state index < -0.39 is 0 Å². The molecule has 0 bridgehead atoms. The van der Waals surface area contributed by atoms with E-state index >= 15 is 0 Å². The molecule has 0 amide bonds. The molecule has 0 aromatic carbocycles. The van der Waals surface area contributed by atoms with Crippen molar-refractivity contribution in [2.45, 2.75) is 52.1 Å². The lowest BCUT2D eigenvalue weighted by molar-refractivity contribution is 0.0813. The Bertz CT molecular complexity index is 399. The van der Waals surface area contributed by atoms with E-state index in [0.717, 1.165) is 5.92 Å². The highest BCUT2D eigenvalue weighted by Crippen LogP contribution is 2.39. The summed E-state index contributed by atoms with van der Waals surface area (Å²) in [5.41, 5.74) is 0.421.